The smallest absolute Gasteiger partial charge is 0.224 e. The van der Waals surface area contributed by atoms with Crippen molar-refractivity contribution in [3.05, 3.63) is 52.0 Å². The van der Waals surface area contributed by atoms with Crippen LogP contribution in [-0.4, -0.2) is 35.9 Å². The Balaban J connectivity index is 1.57. The van der Waals surface area contributed by atoms with Crippen molar-refractivity contribution in [2.45, 2.75) is 32.2 Å². The Kier molecular flexibility index (Phi) is 5.63. The number of pyridine rings is 1. The number of nitrogens with zero attached hydrogens (tertiary/aromatic N) is 2. The molecule has 3 heterocycles. The van der Waals surface area contributed by atoms with Crippen LogP contribution in [0.15, 0.2) is 35.8 Å². The summed E-state index contributed by atoms with van der Waals surface area (Å²) in [5.74, 6) is 0.557. The van der Waals surface area contributed by atoms with E-state index in [2.05, 4.69) is 39.8 Å². The molecule has 128 valence electrons. The largest absolute Gasteiger partial charge is 0.355 e. The Labute approximate surface area is 147 Å². The van der Waals surface area contributed by atoms with E-state index >= 15 is 0 Å². The summed E-state index contributed by atoms with van der Waals surface area (Å²) in [4.78, 5) is 20.3. The van der Waals surface area contributed by atoms with Crippen molar-refractivity contribution in [1.82, 2.24) is 15.2 Å². The number of amides is 1. The molecule has 0 saturated carbocycles. The van der Waals surface area contributed by atoms with Crippen molar-refractivity contribution in [2.75, 3.05) is 20.1 Å². The number of likely N-dealkylation sites (tertiary alicyclic amines) is 1. The Morgan fingerprint density at radius 1 is 1.42 bits per heavy atom. The molecule has 2 aromatic heterocycles. The van der Waals surface area contributed by atoms with E-state index < -0.39 is 0 Å². The van der Waals surface area contributed by atoms with E-state index in [-0.39, 0.29) is 5.91 Å². The third kappa shape index (κ3) is 4.22. The van der Waals surface area contributed by atoms with E-state index in [1.54, 1.807) is 6.20 Å². The number of aromatic nitrogens is 1. The molecule has 1 aliphatic heterocycles. The van der Waals surface area contributed by atoms with E-state index in [0.29, 0.717) is 18.4 Å². The maximum Gasteiger partial charge on any atom is 0.224 e. The lowest BCUT2D eigenvalue weighted by molar-refractivity contribution is -0.120. The third-order valence-corrected chi connectivity index (χ3v) is 5.68. The molecule has 2 atom stereocenters. The molecule has 4 nitrogen and oxygen atoms in total. The van der Waals surface area contributed by atoms with Gasteiger partial charge in [0.05, 0.1) is 6.42 Å². The van der Waals surface area contributed by atoms with Gasteiger partial charge in [0.1, 0.15) is 0 Å². The summed E-state index contributed by atoms with van der Waals surface area (Å²) >= 11 is 1.81. The van der Waals surface area contributed by atoms with Gasteiger partial charge in [0, 0.05) is 29.4 Å². The number of nitrogens with one attached hydrogen (secondary N) is 1. The number of carbonyl (C=O) groups is 1. The van der Waals surface area contributed by atoms with Crippen molar-refractivity contribution in [3.63, 3.8) is 0 Å². The quantitative estimate of drug-likeness (QED) is 0.907. The topological polar surface area (TPSA) is 45.2 Å². The van der Waals surface area contributed by atoms with E-state index in [9.17, 15) is 4.79 Å². The number of aryl methyl sites for hydroxylation is 1. The van der Waals surface area contributed by atoms with Gasteiger partial charge in [-0.3, -0.25) is 14.7 Å². The van der Waals surface area contributed by atoms with Crippen molar-refractivity contribution in [2.24, 2.45) is 5.92 Å². The monoisotopic (exact) mass is 343 g/mol. The maximum absolute atomic E-state index is 12.3. The van der Waals surface area contributed by atoms with E-state index in [0.717, 1.165) is 24.3 Å². The van der Waals surface area contributed by atoms with Crippen LogP contribution in [0, 0.1) is 12.8 Å². The minimum atomic E-state index is 0.0822. The Morgan fingerprint density at radius 2 is 2.29 bits per heavy atom. The molecule has 0 radical (unpaired) electrons. The summed E-state index contributed by atoms with van der Waals surface area (Å²) in [6, 6.07) is 8.67. The minimum absolute atomic E-state index is 0.0822. The lowest BCUT2D eigenvalue weighted by Gasteiger charge is -2.38. The van der Waals surface area contributed by atoms with Gasteiger partial charge in [-0.05, 0) is 62.4 Å². The average molecular weight is 343 g/mol. The highest BCUT2D eigenvalue weighted by atomic mass is 32.1. The van der Waals surface area contributed by atoms with Crippen LogP contribution in [-0.2, 0) is 11.2 Å². The highest BCUT2D eigenvalue weighted by Crippen LogP contribution is 2.36. The van der Waals surface area contributed by atoms with Gasteiger partial charge >= 0.3 is 0 Å². The van der Waals surface area contributed by atoms with Crippen LogP contribution in [0.4, 0.5) is 0 Å². The fraction of sp³-hybridized carbons (Fsp3) is 0.474. The summed E-state index contributed by atoms with van der Waals surface area (Å²) in [5, 5.41) is 5.28. The van der Waals surface area contributed by atoms with Crippen LogP contribution in [0.2, 0.25) is 0 Å². The predicted molar refractivity (Wildman–Crippen MR) is 98.1 cm³/mol. The summed E-state index contributed by atoms with van der Waals surface area (Å²) in [6.07, 6.45) is 4.55. The average Bonchev–Trinajstić information content (AvgIpc) is 3.09. The molecular weight excluding hydrogens is 318 g/mol. The van der Waals surface area contributed by atoms with Crippen molar-refractivity contribution in [3.8, 4) is 0 Å². The van der Waals surface area contributed by atoms with E-state index in [1.165, 1.54) is 17.7 Å². The standard InChI is InChI=1S/C19H25N3OS/c1-14-7-8-15(12-20-14)11-18(23)21-13-16-5-3-9-22(2)19(16)17-6-4-10-24-17/h4,6-8,10,12,16,19H,3,5,9,11,13H2,1-2H3,(H,21,23)/t16-,19-/m1/s1. The summed E-state index contributed by atoms with van der Waals surface area (Å²) in [7, 11) is 2.19. The van der Waals surface area contributed by atoms with Gasteiger partial charge in [0.25, 0.3) is 0 Å². The van der Waals surface area contributed by atoms with Gasteiger partial charge in [-0.2, -0.15) is 0 Å². The Hall–Kier alpha value is -1.72. The lowest BCUT2D eigenvalue weighted by Crippen LogP contribution is -2.41. The minimum Gasteiger partial charge on any atom is -0.355 e. The molecule has 0 spiro atoms. The highest BCUT2D eigenvalue weighted by Gasteiger charge is 2.31. The SMILES string of the molecule is Cc1ccc(CC(=O)NC[C@H]2CCCN(C)[C@H]2c2cccs2)cn1. The van der Waals surface area contributed by atoms with Crippen LogP contribution in [0.25, 0.3) is 0 Å². The molecule has 3 rings (SSSR count). The third-order valence-electron chi connectivity index (χ3n) is 4.74. The first-order valence-corrected chi connectivity index (χ1v) is 9.43. The molecule has 0 bridgehead atoms. The van der Waals surface area contributed by atoms with Gasteiger partial charge in [-0.1, -0.05) is 12.1 Å². The van der Waals surface area contributed by atoms with Crippen molar-refractivity contribution >= 4 is 17.2 Å². The van der Waals surface area contributed by atoms with Crippen LogP contribution >= 0.6 is 11.3 Å². The molecule has 1 N–H and O–H groups in total. The molecule has 1 fully saturated rings. The predicted octanol–water partition coefficient (Wildman–Crippen LogP) is 3.19. The zero-order chi connectivity index (χ0) is 16.9. The van der Waals surface area contributed by atoms with Crippen LogP contribution in [0.3, 0.4) is 0 Å². The second-order valence-electron chi connectivity index (χ2n) is 6.63. The van der Waals surface area contributed by atoms with Crippen LogP contribution < -0.4 is 5.32 Å². The zero-order valence-corrected chi connectivity index (χ0v) is 15.2. The summed E-state index contributed by atoms with van der Waals surface area (Å²) in [5.41, 5.74) is 1.94. The summed E-state index contributed by atoms with van der Waals surface area (Å²) < 4.78 is 0. The molecular formula is C19H25N3OS. The molecule has 2 aromatic rings. The van der Waals surface area contributed by atoms with Gasteiger partial charge in [-0.25, -0.2) is 0 Å². The fourth-order valence-corrected chi connectivity index (χ4v) is 4.46. The van der Waals surface area contributed by atoms with E-state index in [1.807, 2.05) is 30.4 Å². The van der Waals surface area contributed by atoms with Gasteiger partial charge in [0.2, 0.25) is 5.91 Å². The second kappa shape index (κ2) is 7.90. The Bertz CT molecular complexity index is 654. The number of carbonyl (C=O) groups excluding carboxylic acids is 1. The normalized spacial score (nSPS) is 21.6. The molecule has 0 aromatic carbocycles. The number of hydrogen-bond donors (Lipinski definition) is 1. The van der Waals surface area contributed by atoms with Crippen molar-refractivity contribution < 1.29 is 4.79 Å². The molecule has 0 aliphatic carbocycles. The highest BCUT2D eigenvalue weighted by molar-refractivity contribution is 7.10. The maximum atomic E-state index is 12.3. The molecule has 24 heavy (non-hydrogen) atoms. The molecule has 5 heteroatoms. The first-order chi connectivity index (χ1) is 11.6. The number of piperidine rings is 1. The second-order valence-corrected chi connectivity index (χ2v) is 7.61. The summed E-state index contributed by atoms with van der Waals surface area (Å²) in [6.45, 7) is 3.82. The van der Waals surface area contributed by atoms with Crippen LogP contribution in [0.5, 0.6) is 0 Å². The van der Waals surface area contributed by atoms with Crippen LogP contribution in [0.1, 0.15) is 35.0 Å². The van der Waals surface area contributed by atoms with Crippen molar-refractivity contribution in [1.29, 1.82) is 0 Å². The number of thiophene rings is 1. The van der Waals surface area contributed by atoms with Gasteiger partial charge in [-0.15, -0.1) is 11.3 Å². The lowest BCUT2D eigenvalue weighted by atomic mass is 9.88. The first-order valence-electron chi connectivity index (χ1n) is 8.55. The number of hydrogen-bond acceptors (Lipinski definition) is 4. The number of rotatable bonds is 5. The Morgan fingerprint density at radius 3 is 3.00 bits per heavy atom. The molecule has 1 saturated heterocycles. The first kappa shape index (κ1) is 17.1. The molecule has 0 unspecified atom stereocenters. The van der Waals surface area contributed by atoms with Gasteiger partial charge in [0.15, 0.2) is 0 Å². The molecule has 1 aliphatic rings. The van der Waals surface area contributed by atoms with Gasteiger partial charge < -0.3 is 5.32 Å². The molecule has 1 amide bonds. The van der Waals surface area contributed by atoms with E-state index in [4.69, 9.17) is 0 Å². The zero-order valence-electron chi connectivity index (χ0n) is 14.4. The fourth-order valence-electron chi connectivity index (χ4n) is 3.48.